The lowest BCUT2D eigenvalue weighted by molar-refractivity contribution is 0.102. The normalized spacial score (nSPS) is 26.7. The van der Waals surface area contributed by atoms with Gasteiger partial charge in [-0.3, -0.25) is 5.32 Å². The highest BCUT2D eigenvalue weighted by atomic mass is 16.5. The number of aromatic hydroxyl groups is 1. The Balaban J connectivity index is 1.19. The van der Waals surface area contributed by atoms with Gasteiger partial charge in [-0.1, -0.05) is 64.2 Å². The number of aliphatic hydroxyl groups is 2. The molecular formula is C43H66N4O5. The average molecular weight is 719 g/mol. The number of nitrogens with one attached hydrogen (secondary N) is 3. The summed E-state index contributed by atoms with van der Waals surface area (Å²) in [4.78, 5) is 5.49. The van der Waals surface area contributed by atoms with Gasteiger partial charge < -0.3 is 35.4 Å². The minimum absolute atomic E-state index is 0.0187. The Labute approximate surface area is 313 Å². The molecule has 5 aliphatic rings. The number of phenols is 1. The minimum atomic E-state index is -0.405. The van der Waals surface area contributed by atoms with Crippen LogP contribution >= 0.6 is 0 Å². The zero-order valence-corrected chi connectivity index (χ0v) is 32.3. The lowest BCUT2D eigenvalue weighted by Crippen LogP contribution is -2.49. The summed E-state index contributed by atoms with van der Waals surface area (Å²) >= 11 is 0. The molecule has 9 nitrogen and oxygen atoms in total. The molecule has 0 amide bonds. The molecule has 0 saturated heterocycles. The third-order valence-electron chi connectivity index (χ3n) is 12.7. The summed E-state index contributed by atoms with van der Waals surface area (Å²) in [6.45, 7) is 8.72. The predicted molar refractivity (Wildman–Crippen MR) is 208 cm³/mol. The third-order valence-corrected chi connectivity index (χ3v) is 12.7. The highest BCUT2D eigenvalue weighted by Gasteiger charge is 2.58. The van der Waals surface area contributed by atoms with E-state index in [4.69, 9.17) is 14.5 Å². The molecular weight excluding hydrogens is 652 g/mol. The van der Waals surface area contributed by atoms with Crippen molar-refractivity contribution in [2.24, 2.45) is 28.2 Å². The van der Waals surface area contributed by atoms with E-state index in [-0.39, 0.29) is 30.5 Å². The molecule has 3 saturated carbocycles. The van der Waals surface area contributed by atoms with Gasteiger partial charge in [0.15, 0.2) is 23.3 Å². The van der Waals surface area contributed by atoms with Gasteiger partial charge in [0, 0.05) is 31.8 Å². The van der Waals surface area contributed by atoms with Crippen LogP contribution in [0.15, 0.2) is 46.7 Å². The quantitative estimate of drug-likeness (QED) is 0.0936. The number of phenolic OH excluding ortho intramolecular Hbond substituents is 1. The number of allylic oxidation sites excluding steroid dienone is 1. The lowest BCUT2D eigenvalue weighted by Gasteiger charge is -2.39. The smallest absolute Gasteiger partial charge is 0.190 e. The Hall–Kier alpha value is -2.69. The van der Waals surface area contributed by atoms with Crippen LogP contribution in [-0.2, 0) is 11.2 Å². The molecule has 1 aromatic rings. The van der Waals surface area contributed by atoms with E-state index < -0.39 is 6.10 Å². The molecule has 52 heavy (non-hydrogen) atoms. The van der Waals surface area contributed by atoms with Crippen molar-refractivity contribution in [3.8, 4) is 11.5 Å². The Morgan fingerprint density at radius 2 is 1.94 bits per heavy atom. The minimum Gasteiger partial charge on any atom is -0.592 e. The molecule has 3 fully saturated rings. The maximum Gasteiger partial charge on any atom is 0.190 e. The van der Waals surface area contributed by atoms with Gasteiger partial charge >= 0.3 is 0 Å². The van der Waals surface area contributed by atoms with Crippen LogP contribution in [0.5, 0.6) is 11.5 Å². The molecule has 2 aliphatic heterocycles. The molecule has 0 radical (unpaired) electrons. The van der Waals surface area contributed by atoms with Crippen molar-refractivity contribution in [3.05, 3.63) is 59.2 Å². The molecule has 6 rings (SSSR count). The van der Waals surface area contributed by atoms with Crippen LogP contribution in [0.1, 0.15) is 103 Å². The van der Waals surface area contributed by atoms with E-state index in [0.29, 0.717) is 36.2 Å². The van der Waals surface area contributed by atoms with Gasteiger partial charge in [-0.25, -0.2) is 0 Å². The van der Waals surface area contributed by atoms with Crippen molar-refractivity contribution in [2.45, 2.75) is 129 Å². The molecule has 0 bridgehead atoms. The first-order valence-electron chi connectivity index (χ1n) is 20.5. The number of aliphatic hydroxyl groups excluding tert-OH is 2. The first-order valence-corrected chi connectivity index (χ1v) is 20.5. The van der Waals surface area contributed by atoms with Gasteiger partial charge in [-0.2, -0.15) is 12.0 Å². The second-order valence-corrected chi connectivity index (χ2v) is 16.3. The maximum atomic E-state index is 10.9. The van der Waals surface area contributed by atoms with E-state index in [1.54, 1.807) is 6.07 Å². The standard InChI is InChI=1S/C43H66N4O5/c1-5-7-13-40-30(26-48)21-31(52-40)16-14-29-15-17-39(50)41(20-29)51-27-38(45-6-2)35-22-33-36(47-35)23-43(18-8-9-19-43)34-12-10-11-32(34)42(33)37(25-44-4)46-24-28(3)49/h15,17,20-22,28,32,34,37-38,40,42,44-46,48-50H,5-14,16,18-19,23-27H2,1-4H3. The number of aliphatic imine (C=N–C) groups is 1. The Morgan fingerprint density at radius 1 is 1.12 bits per heavy atom. The van der Waals surface area contributed by atoms with Gasteiger partial charge in [-0.05, 0) is 94.0 Å². The number of ether oxygens (including phenoxy) is 2. The van der Waals surface area contributed by atoms with Crippen LogP contribution in [0, 0.1) is 35.1 Å². The average Bonchev–Trinajstić information content (AvgIpc) is 3.95. The largest absolute Gasteiger partial charge is 0.592 e. The summed E-state index contributed by atoms with van der Waals surface area (Å²) < 4.78 is 12.6. The molecule has 6 N–H and O–H groups in total. The number of hydrogen-bond acceptors (Lipinski definition) is 9. The van der Waals surface area contributed by atoms with Crippen LogP contribution in [0.3, 0.4) is 0 Å². The van der Waals surface area contributed by atoms with Crippen molar-refractivity contribution < 1.29 is 24.8 Å². The number of likely N-dealkylation sites (N-methyl/N-ethyl adjacent to an activating group) is 2. The number of aryl methyl sites for hydroxylation is 1. The van der Waals surface area contributed by atoms with Crippen molar-refractivity contribution in [3.63, 3.8) is 0 Å². The van der Waals surface area contributed by atoms with Gasteiger partial charge in [0.25, 0.3) is 0 Å². The molecule has 9 heteroatoms. The van der Waals surface area contributed by atoms with Gasteiger partial charge in [-0.15, -0.1) is 4.99 Å². The first-order chi connectivity index (χ1) is 25.3. The summed E-state index contributed by atoms with van der Waals surface area (Å²) in [7, 11) is 2.03. The SMILES string of the molecule is CCCCC1OC(CCc2ccc(O)c(OCC(NCC)[C+]3C=C4C(=N3)CC3(CCCC3)C3CCCC3C4C(CNC)NCC(C)O)c2)=C[C-]1CO. The first kappa shape index (κ1) is 39.0. The Bertz CT molecular complexity index is 1400. The fraction of sp³-hybridized carbons (Fsp3) is 0.698. The zero-order chi connectivity index (χ0) is 36.7. The molecule has 0 aromatic heterocycles. The van der Waals surface area contributed by atoms with E-state index >= 15 is 0 Å². The van der Waals surface area contributed by atoms with Gasteiger partial charge in [0.05, 0.1) is 24.5 Å². The van der Waals surface area contributed by atoms with Crippen molar-refractivity contribution >= 4 is 5.71 Å². The number of rotatable bonds is 19. The zero-order valence-electron chi connectivity index (χ0n) is 32.3. The van der Waals surface area contributed by atoms with E-state index in [1.807, 2.05) is 32.2 Å². The maximum absolute atomic E-state index is 10.9. The highest BCUT2D eigenvalue weighted by molar-refractivity contribution is 6.04. The molecule has 3 aliphatic carbocycles. The molecule has 1 aromatic carbocycles. The van der Waals surface area contributed by atoms with Gasteiger partial charge in [0.2, 0.25) is 0 Å². The lowest BCUT2D eigenvalue weighted by atomic mass is 9.65. The van der Waals surface area contributed by atoms with E-state index in [9.17, 15) is 15.3 Å². The third kappa shape index (κ3) is 8.81. The fourth-order valence-electron chi connectivity index (χ4n) is 10.3. The number of nitrogens with zero attached hydrogens (tertiary/aromatic N) is 1. The van der Waals surface area contributed by atoms with Crippen LogP contribution in [0.4, 0.5) is 0 Å². The molecule has 7 atom stereocenters. The summed E-state index contributed by atoms with van der Waals surface area (Å²) in [5, 5.41) is 41.9. The van der Waals surface area contributed by atoms with Crippen molar-refractivity contribution in [1.82, 2.24) is 16.0 Å². The number of fused-ring (bicyclic) bond motifs is 3. The summed E-state index contributed by atoms with van der Waals surface area (Å²) in [6.07, 6.45) is 18.7. The molecule has 2 heterocycles. The number of hydrogen-bond donors (Lipinski definition) is 6. The summed E-state index contributed by atoms with van der Waals surface area (Å²) in [5.41, 5.74) is 4.06. The molecule has 7 unspecified atom stereocenters. The molecule has 288 valence electrons. The highest BCUT2D eigenvalue weighted by Crippen LogP contribution is 2.61. The topological polar surface area (TPSA) is 128 Å². The van der Waals surface area contributed by atoms with Crippen LogP contribution in [0.25, 0.3) is 0 Å². The van der Waals surface area contributed by atoms with Crippen LogP contribution in [-0.4, -0.2) is 85.2 Å². The van der Waals surface area contributed by atoms with Crippen LogP contribution in [0.2, 0.25) is 0 Å². The monoisotopic (exact) mass is 719 g/mol. The van der Waals surface area contributed by atoms with Crippen molar-refractivity contribution in [2.75, 3.05) is 39.9 Å². The second kappa shape index (κ2) is 18.1. The van der Waals surface area contributed by atoms with E-state index in [2.05, 4.69) is 35.9 Å². The fourth-order valence-corrected chi connectivity index (χ4v) is 10.3. The van der Waals surface area contributed by atoms with Crippen LogP contribution < -0.4 is 20.7 Å². The Morgan fingerprint density at radius 3 is 2.67 bits per heavy atom. The number of unbranched alkanes of at least 4 members (excludes halogenated alkanes) is 1. The van der Waals surface area contributed by atoms with Gasteiger partial charge in [0.1, 0.15) is 18.2 Å². The Kier molecular flexibility index (Phi) is 13.6. The molecule has 1 spiro atoms. The van der Waals surface area contributed by atoms with E-state index in [1.165, 1.54) is 56.2 Å². The predicted octanol–water partition coefficient (Wildman–Crippen LogP) is 6.19. The van der Waals surface area contributed by atoms with E-state index in [0.717, 1.165) is 80.8 Å². The van der Waals surface area contributed by atoms with Crippen molar-refractivity contribution in [1.29, 1.82) is 0 Å². The summed E-state index contributed by atoms with van der Waals surface area (Å²) in [6, 6.07) is 6.71. The second-order valence-electron chi connectivity index (χ2n) is 16.3. The summed E-state index contributed by atoms with van der Waals surface area (Å²) in [5.74, 6) is 4.14. The number of benzene rings is 1.